The molecule has 0 amide bonds. The highest BCUT2D eigenvalue weighted by molar-refractivity contribution is 6.43. The summed E-state index contributed by atoms with van der Waals surface area (Å²) >= 11 is 5.58. The smallest absolute Gasteiger partial charge is 0.197 e. The van der Waals surface area contributed by atoms with Crippen LogP contribution in [0.15, 0.2) is 11.1 Å². The van der Waals surface area contributed by atoms with Gasteiger partial charge in [0.25, 0.3) is 0 Å². The third-order valence-electron chi connectivity index (χ3n) is 1.80. The van der Waals surface area contributed by atoms with Gasteiger partial charge in [-0.25, -0.2) is 0 Å². The second-order valence-corrected chi connectivity index (χ2v) is 3.01. The van der Waals surface area contributed by atoms with Crippen molar-refractivity contribution in [3.05, 3.63) is 11.1 Å². The lowest BCUT2D eigenvalue weighted by Crippen LogP contribution is -2.25. The van der Waals surface area contributed by atoms with Crippen molar-refractivity contribution in [1.82, 2.24) is 0 Å². The van der Waals surface area contributed by atoms with Crippen molar-refractivity contribution in [3.63, 3.8) is 0 Å². The first-order chi connectivity index (χ1) is 5.22. The van der Waals surface area contributed by atoms with Crippen LogP contribution in [0, 0.1) is 0 Å². The summed E-state index contributed by atoms with van der Waals surface area (Å²) in [6, 6.07) is 0. The molecular formula is C7H7ClO3. The Labute approximate surface area is 68.9 Å². The molecule has 1 aliphatic carbocycles. The first-order valence-electron chi connectivity index (χ1n) is 3.41. The zero-order valence-electron chi connectivity index (χ0n) is 5.80. The van der Waals surface area contributed by atoms with Crippen LogP contribution in [0.2, 0.25) is 0 Å². The molecule has 1 saturated heterocycles. The Balaban J connectivity index is 2.25. The summed E-state index contributed by atoms with van der Waals surface area (Å²) in [7, 11) is 0. The molecule has 0 bridgehead atoms. The first kappa shape index (κ1) is 7.28. The SMILES string of the molecule is O=C1CC2(C=C1Cl)OCCO2. The summed E-state index contributed by atoms with van der Waals surface area (Å²) < 4.78 is 10.5. The van der Waals surface area contributed by atoms with E-state index in [1.54, 1.807) is 6.08 Å². The molecule has 0 aromatic carbocycles. The zero-order chi connectivity index (χ0) is 7.90. The standard InChI is InChI=1S/C7H7ClO3/c8-5-3-7(4-6(5)9)10-1-2-11-7/h3H,1-2,4H2. The Kier molecular flexibility index (Phi) is 1.52. The molecule has 0 N–H and O–H groups in total. The fraction of sp³-hybridized carbons (Fsp3) is 0.571. The predicted molar refractivity (Wildman–Crippen MR) is 38.2 cm³/mol. The molecule has 3 nitrogen and oxygen atoms in total. The van der Waals surface area contributed by atoms with Crippen LogP contribution in [-0.4, -0.2) is 24.8 Å². The molecule has 11 heavy (non-hydrogen) atoms. The van der Waals surface area contributed by atoms with Crippen LogP contribution < -0.4 is 0 Å². The van der Waals surface area contributed by atoms with Crippen molar-refractivity contribution >= 4 is 17.4 Å². The van der Waals surface area contributed by atoms with Gasteiger partial charge in [0.05, 0.1) is 24.7 Å². The topological polar surface area (TPSA) is 35.5 Å². The quantitative estimate of drug-likeness (QED) is 0.546. The highest BCUT2D eigenvalue weighted by atomic mass is 35.5. The van der Waals surface area contributed by atoms with Crippen LogP contribution >= 0.6 is 11.6 Å². The number of rotatable bonds is 0. The molecule has 1 fully saturated rings. The number of Topliss-reactive ketones (excluding diaryl/α,β-unsaturated/α-hetero) is 1. The maximum Gasteiger partial charge on any atom is 0.197 e. The van der Waals surface area contributed by atoms with Crippen LogP contribution in [0.5, 0.6) is 0 Å². The normalized spacial score (nSPS) is 28.1. The Morgan fingerprint density at radius 3 is 2.55 bits per heavy atom. The van der Waals surface area contributed by atoms with Crippen molar-refractivity contribution in [2.24, 2.45) is 0 Å². The van der Waals surface area contributed by atoms with Crippen molar-refractivity contribution in [2.45, 2.75) is 12.2 Å². The molecule has 0 saturated carbocycles. The molecule has 1 aliphatic heterocycles. The van der Waals surface area contributed by atoms with E-state index in [1.807, 2.05) is 0 Å². The monoisotopic (exact) mass is 174 g/mol. The van der Waals surface area contributed by atoms with E-state index in [1.165, 1.54) is 0 Å². The van der Waals surface area contributed by atoms with Gasteiger partial charge in [-0.1, -0.05) is 11.6 Å². The Morgan fingerprint density at radius 2 is 2.09 bits per heavy atom. The minimum absolute atomic E-state index is 0.103. The number of allylic oxidation sites excluding steroid dienone is 1. The largest absolute Gasteiger partial charge is 0.343 e. The van der Waals surface area contributed by atoms with Crippen molar-refractivity contribution < 1.29 is 14.3 Å². The van der Waals surface area contributed by atoms with Gasteiger partial charge in [0.15, 0.2) is 11.6 Å². The van der Waals surface area contributed by atoms with E-state index >= 15 is 0 Å². The fourth-order valence-electron chi connectivity index (χ4n) is 1.29. The van der Waals surface area contributed by atoms with E-state index in [0.717, 1.165) is 0 Å². The highest BCUT2D eigenvalue weighted by Crippen LogP contribution is 2.34. The molecular weight excluding hydrogens is 168 g/mol. The number of halogens is 1. The van der Waals surface area contributed by atoms with Gasteiger partial charge in [-0.05, 0) is 6.08 Å². The van der Waals surface area contributed by atoms with Crippen LogP contribution in [0.1, 0.15) is 6.42 Å². The van der Waals surface area contributed by atoms with Crippen molar-refractivity contribution in [1.29, 1.82) is 0 Å². The molecule has 0 unspecified atom stereocenters. The van der Waals surface area contributed by atoms with Gasteiger partial charge in [0.1, 0.15) is 0 Å². The minimum atomic E-state index is -0.811. The van der Waals surface area contributed by atoms with E-state index in [9.17, 15) is 4.79 Å². The third kappa shape index (κ3) is 1.09. The molecule has 4 heteroatoms. The second-order valence-electron chi connectivity index (χ2n) is 2.60. The van der Waals surface area contributed by atoms with Gasteiger partial charge in [-0.15, -0.1) is 0 Å². The first-order valence-corrected chi connectivity index (χ1v) is 3.79. The van der Waals surface area contributed by atoms with Crippen molar-refractivity contribution in [3.8, 4) is 0 Å². The third-order valence-corrected chi connectivity index (χ3v) is 2.12. The molecule has 0 atom stereocenters. The lowest BCUT2D eigenvalue weighted by molar-refractivity contribution is -0.135. The fourth-order valence-corrected chi connectivity index (χ4v) is 1.52. The summed E-state index contributed by atoms with van der Waals surface area (Å²) in [5.74, 6) is -0.915. The lowest BCUT2D eigenvalue weighted by Gasteiger charge is -2.16. The Hall–Kier alpha value is -0.380. The number of carbonyl (C=O) groups is 1. The van der Waals surface area contributed by atoms with E-state index in [2.05, 4.69) is 0 Å². The molecule has 0 radical (unpaired) electrons. The second kappa shape index (κ2) is 2.30. The van der Waals surface area contributed by atoms with Crippen LogP contribution in [0.25, 0.3) is 0 Å². The number of hydrogen-bond donors (Lipinski definition) is 0. The van der Waals surface area contributed by atoms with Gasteiger partial charge in [-0.2, -0.15) is 0 Å². The summed E-state index contributed by atoms with van der Waals surface area (Å²) in [6.07, 6.45) is 1.77. The molecule has 1 heterocycles. The van der Waals surface area contributed by atoms with Gasteiger partial charge < -0.3 is 9.47 Å². The number of ketones is 1. The molecule has 0 aromatic heterocycles. The summed E-state index contributed by atoms with van der Waals surface area (Å²) in [4.78, 5) is 11.0. The van der Waals surface area contributed by atoms with Gasteiger partial charge in [0.2, 0.25) is 0 Å². The maximum absolute atomic E-state index is 11.0. The van der Waals surface area contributed by atoms with Gasteiger partial charge in [0, 0.05) is 0 Å². The average Bonchev–Trinajstić information content (AvgIpc) is 2.46. The van der Waals surface area contributed by atoms with Crippen LogP contribution in [0.3, 0.4) is 0 Å². The molecule has 0 aromatic rings. The maximum atomic E-state index is 11.0. The van der Waals surface area contributed by atoms with Crippen molar-refractivity contribution in [2.75, 3.05) is 13.2 Å². The highest BCUT2D eigenvalue weighted by Gasteiger charge is 2.42. The zero-order valence-corrected chi connectivity index (χ0v) is 6.56. The van der Waals surface area contributed by atoms with E-state index in [-0.39, 0.29) is 17.2 Å². The lowest BCUT2D eigenvalue weighted by atomic mass is 10.2. The molecule has 2 aliphatic rings. The minimum Gasteiger partial charge on any atom is -0.343 e. The Bertz CT molecular complexity index is 228. The summed E-state index contributed by atoms with van der Waals surface area (Å²) in [5, 5.41) is 0.229. The van der Waals surface area contributed by atoms with Gasteiger partial charge >= 0.3 is 0 Å². The van der Waals surface area contributed by atoms with Crippen LogP contribution in [0.4, 0.5) is 0 Å². The van der Waals surface area contributed by atoms with E-state index in [0.29, 0.717) is 13.2 Å². The predicted octanol–water partition coefficient (Wildman–Crippen LogP) is 0.825. The summed E-state index contributed by atoms with van der Waals surface area (Å²) in [5.41, 5.74) is 0. The molecule has 60 valence electrons. The van der Waals surface area contributed by atoms with Gasteiger partial charge in [-0.3, -0.25) is 4.79 Å². The molecule has 2 rings (SSSR count). The van der Waals surface area contributed by atoms with E-state index < -0.39 is 5.79 Å². The van der Waals surface area contributed by atoms with Crippen LogP contribution in [-0.2, 0) is 14.3 Å². The Morgan fingerprint density at radius 1 is 1.45 bits per heavy atom. The van der Waals surface area contributed by atoms with E-state index in [4.69, 9.17) is 21.1 Å². The number of carbonyl (C=O) groups excluding carboxylic acids is 1. The summed E-state index contributed by atoms with van der Waals surface area (Å²) in [6.45, 7) is 1.07. The number of ether oxygens (including phenoxy) is 2. The average molecular weight is 175 g/mol. The number of hydrogen-bond acceptors (Lipinski definition) is 3. The molecule has 1 spiro atoms.